The summed E-state index contributed by atoms with van der Waals surface area (Å²) in [5.74, 6) is -0.651. The number of fused-ring (bicyclic) bond motifs is 1. The van der Waals surface area contributed by atoms with E-state index < -0.39 is 0 Å². The summed E-state index contributed by atoms with van der Waals surface area (Å²) in [6.45, 7) is 4.77. The van der Waals surface area contributed by atoms with Gasteiger partial charge in [0.1, 0.15) is 5.82 Å². The van der Waals surface area contributed by atoms with Gasteiger partial charge in [-0.25, -0.2) is 19.3 Å². The Bertz CT molecular complexity index is 1070. The van der Waals surface area contributed by atoms with Gasteiger partial charge in [0.15, 0.2) is 16.3 Å². The molecule has 0 unspecified atom stereocenters. The number of nitrogens with one attached hydrogen (secondary N) is 1. The van der Waals surface area contributed by atoms with Crippen LogP contribution in [0.4, 0.5) is 10.1 Å². The molecule has 0 fully saturated rings. The minimum absolute atomic E-state index is 0.0259. The quantitative estimate of drug-likeness (QED) is 0.316. The van der Waals surface area contributed by atoms with Crippen molar-refractivity contribution in [2.45, 2.75) is 38.1 Å². The molecule has 3 rings (SSSR count). The Morgan fingerprint density at radius 2 is 1.97 bits per heavy atom. The Labute approximate surface area is 176 Å². The number of nitrogens with zero attached hydrogens (tertiary/aromatic N) is 4. The van der Waals surface area contributed by atoms with E-state index in [1.165, 1.54) is 41.2 Å². The predicted molar refractivity (Wildman–Crippen MR) is 113 cm³/mol. The maximum atomic E-state index is 13.0. The van der Waals surface area contributed by atoms with E-state index in [1.54, 1.807) is 0 Å². The van der Waals surface area contributed by atoms with Crippen LogP contribution in [0.1, 0.15) is 20.3 Å². The van der Waals surface area contributed by atoms with Crippen LogP contribution in [0.25, 0.3) is 11.2 Å². The number of aromatic nitrogens is 4. The maximum Gasteiger partial charge on any atom is 0.282 e. The van der Waals surface area contributed by atoms with Gasteiger partial charge >= 0.3 is 0 Å². The summed E-state index contributed by atoms with van der Waals surface area (Å²) in [6.07, 6.45) is 3.62. The molecule has 30 heavy (non-hydrogen) atoms. The maximum absolute atomic E-state index is 13.0. The summed E-state index contributed by atoms with van der Waals surface area (Å²) in [5, 5.41) is 3.07. The fourth-order valence-corrected chi connectivity index (χ4v) is 3.45. The molecular weight excluding hydrogens is 409 g/mol. The van der Waals surface area contributed by atoms with Crippen LogP contribution < -0.4 is 10.9 Å². The Balaban J connectivity index is 1.75. The number of halogens is 1. The first-order valence-corrected chi connectivity index (χ1v) is 10.4. The second kappa shape index (κ2) is 10.3. The number of ether oxygens (including phenoxy) is 1. The fourth-order valence-electron chi connectivity index (χ4n) is 2.64. The van der Waals surface area contributed by atoms with Crippen molar-refractivity contribution in [2.75, 3.05) is 17.7 Å². The van der Waals surface area contributed by atoms with Gasteiger partial charge in [-0.15, -0.1) is 0 Å². The number of carbonyl (C=O) groups is 1. The molecule has 10 heteroatoms. The van der Waals surface area contributed by atoms with Crippen molar-refractivity contribution >= 4 is 34.5 Å². The number of benzene rings is 1. The third-order valence-electron chi connectivity index (χ3n) is 4.00. The standard InChI is InChI=1S/C20H22FN5O3S/c1-13(2)29-11-3-10-26-19(28)17-18(23-9-8-22-17)25-20(26)30-12-16(27)24-15-6-4-14(21)5-7-15/h4-9,13H,3,10-12H2,1-2H3,(H,24,27). The highest BCUT2D eigenvalue weighted by Gasteiger charge is 2.15. The Kier molecular flexibility index (Phi) is 7.47. The molecule has 1 N–H and O–H groups in total. The first kappa shape index (κ1) is 21.8. The van der Waals surface area contributed by atoms with Crippen LogP contribution >= 0.6 is 11.8 Å². The minimum Gasteiger partial charge on any atom is -0.379 e. The molecule has 8 nitrogen and oxygen atoms in total. The van der Waals surface area contributed by atoms with Crippen LogP contribution in [-0.4, -0.2) is 43.9 Å². The molecule has 3 aromatic rings. The summed E-state index contributed by atoms with van der Waals surface area (Å²) in [6, 6.07) is 5.49. The molecule has 0 saturated heterocycles. The number of carbonyl (C=O) groups excluding carboxylic acids is 1. The highest BCUT2D eigenvalue weighted by atomic mass is 32.2. The molecule has 0 aliphatic rings. The van der Waals surface area contributed by atoms with Gasteiger partial charge in [-0.2, -0.15) is 0 Å². The van der Waals surface area contributed by atoms with Gasteiger partial charge in [0.2, 0.25) is 5.91 Å². The molecular formula is C20H22FN5O3S. The number of rotatable bonds is 9. The molecule has 1 aromatic carbocycles. The van der Waals surface area contributed by atoms with Gasteiger partial charge in [0.25, 0.3) is 5.56 Å². The van der Waals surface area contributed by atoms with Crippen LogP contribution in [0.3, 0.4) is 0 Å². The largest absolute Gasteiger partial charge is 0.379 e. The van der Waals surface area contributed by atoms with E-state index in [-0.39, 0.29) is 40.3 Å². The third-order valence-corrected chi connectivity index (χ3v) is 4.97. The zero-order chi connectivity index (χ0) is 21.5. The first-order chi connectivity index (χ1) is 14.4. The summed E-state index contributed by atoms with van der Waals surface area (Å²) in [5.41, 5.74) is 0.600. The normalized spacial score (nSPS) is 11.2. The fraction of sp³-hybridized carbons (Fsp3) is 0.350. The summed E-state index contributed by atoms with van der Waals surface area (Å²) < 4.78 is 20.0. The lowest BCUT2D eigenvalue weighted by molar-refractivity contribution is -0.113. The lowest BCUT2D eigenvalue weighted by Gasteiger charge is -2.13. The summed E-state index contributed by atoms with van der Waals surface area (Å²) >= 11 is 1.13. The Hall–Kier alpha value is -2.85. The number of thioether (sulfide) groups is 1. The van der Waals surface area contributed by atoms with E-state index in [1.807, 2.05) is 13.8 Å². The van der Waals surface area contributed by atoms with Crippen LogP contribution in [0.5, 0.6) is 0 Å². The molecule has 0 aliphatic heterocycles. The molecule has 0 aliphatic carbocycles. The van der Waals surface area contributed by atoms with Crippen molar-refractivity contribution in [1.29, 1.82) is 0 Å². The van der Waals surface area contributed by atoms with Gasteiger partial charge in [-0.3, -0.25) is 14.2 Å². The average Bonchev–Trinajstić information content (AvgIpc) is 2.72. The molecule has 0 spiro atoms. The zero-order valence-electron chi connectivity index (χ0n) is 16.7. The minimum atomic E-state index is -0.380. The van der Waals surface area contributed by atoms with Gasteiger partial charge in [-0.05, 0) is 44.5 Å². The van der Waals surface area contributed by atoms with E-state index >= 15 is 0 Å². The highest BCUT2D eigenvalue weighted by Crippen LogP contribution is 2.17. The van der Waals surface area contributed by atoms with E-state index in [0.29, 0.717) is 30.4 Å². The number of hydrogen-bond acceptors (Lipinski definition) is 7. The van der Waals surface area contributed by atoms with Crippen molar-refractivity contribution in [2.24, 2.45) is 0 Å². The molecule has 0 bridgehead atoms. The van der Waals surface area contributed by atoms with E-state index in [9.17, 15) is 14.0 Å². The number of anilines is 1. The second-order valence-electron chi connectivity index (χ2n) is 6.70. The topological polar surface area (TPSA) is 99.0 Å². The molecule has 0 saturated carbocycles. The van der Waals surface area contributed by atoms with Gasteiger partial charge in [0.05, 0.1) is 11.9 Å². The van der Waals surface area contributed by atoms with Gasteiger partial charge < -0.3 is 10.1 Å². The average molecular weight is 431 g/mol. The smallest absolute Gasteiger partial charge is 0.282 e. The van der Waals surface area contributed by atoms with Crippen molar-refractivity contribution < 1.29 is 13.9 Å². The molecule has 0 atom stereocenters. The van der Waals surface area contributed by atoms with Crippen LogP contribution in [0.2, 0.25) is 0 Å². The van der Waals surface area contributed by atoms with Crippen LogP contribution in [-0.2, 0) is 16.1 Å². The monoisotopic (exact) mass is 431 g/mol. The van der Waals surface area contributed by atoms with Crippen molar-refractivity contribution in [3.8, 4) is 0 Å². The van der Waals surface area contributed by atoms with Crippen LogP contribution in [0, 0.1) is 5.82 Å². The predicted octanol–water partition coefficient (Wildman–Crippen LogP) is 2.87. The molecule has 1 amide bonds. The number of amides is 1. The molecule has 158 valence electrons. The van der Waals surface area contributed by atoms with Crippen molar-refractivity contribution in [3.63, 3.8) is 0 Å². The van der Waals surface area contributed by atoms with E-state index in [0.717, 1.165) is 11.8 Å². The first-order valence-electron chi connectivity index (χ1n) is 9.45. The lowest BCUT2D eigenvalue weighted by atomic mass is 10.3. The lowest BCUT2D eigenvalue weighted by Crippen LogP contribution is -2.26. The van der Waals surface area contributed by atoms with Gasteiger partial charge in [-0.1, -0.05) is 11.8 Å². The summed E-state index contributed by atoms with van der Waals surface area (Å²) in [7, 11) is 0. The summed E-state index contributed by atoms with van der Waals surface area (Å²) in [4.78, 5) is 37.8. The number of hydrogen-bond donors (Lipinski definition) is 1. The van der Waals surface area contributed by atoms with Gasteiger partial charge in [0, 0.05) is 31.2 Å². The molecule has 0 radical (unpaired) electrons. The molecule has 2 heterocycles. The van der Waals surface area contributed by atoms with E-state index in [4.69, 9.17) is 4.74 Å². The molecule has 2 aromatic heterocycles. The zero-order valence-corrected chi connectivity index (χ0v) is 17.5. The van der Waals surface area contributed by atoms with Crippen molar-refractivity contribution in [1.82, 2.24) is 19.5 Å². The second-order valence-corrected chi connectivity index (χ2v) is 7.64. The highest BCUT2D eigenvalue weighted by molar-refractivity contribution is 7.99. The third kappa shape index (κ3) is 5.83. The van der Waals surface area contributed by atoms with Crippen LogP contribution in [0.15, 0.2) is 46.6 Å². The Morgan fingerprint density at radius 3 is 2.70 bits per heavy atom. The Morgan fingerprint density at radius 1 is 1.23 bits per heavy atom. The van der Waals surface area contributed by atoms with E-state index in [2.05, 4.69) is 20.3 Å². The SMILES string of the molecule is CC(C)OCCCn1c(SCC(=O)Nc2ccc(F)cc2)nc2nccnc2c1=O. The van der Waals surface area contributed by atoms with Crippen molar-refractivity contribution in [3.05, 3.63) is 52.8 Å².